The van der Waals surface area contributed by atoms with Crippen LogP contribution in [0.5, 0.6) is 0 Å². The summed E-state index contributed by atoms with van der Waals surface area (Å²) in [6.45, 7) is 5.25. The second-order valence-corrected chi connectivity index (χ2v) is 5.52. The number of terminal acetylenes is 1. The van der Waals surface area contributed by atoms with Gasteiger partial charge in [-0.3, -0.25) is 14.5 Å². The smallest absolute Gasteiger partial charge is 0.289 e. The molecule has 6 nitrogen and oxygen atoms in total. The van der Waals surface area contributed by atoms with Crippen LogP contribution in [-0.2, 0) is 11.2 Å². The fourth-order valence-electron chi connectivity index (χ4n) is 2.58. The molecule has 2 rings (SSSR count). The summed E-state index contributed by atoms with van der Waals surface area (Å²) < 4.78 is 5.54. The molecule has 6 heteroatoms. The van der Waals surface area contributed by atoms with E-state index in [9.17, 15) is 9.59 Å². The minimum absolute atomic E-state index is 0.0802. The van der Waals surface area contributed by atoms with Crippen molar-refractivity contribution >= 4 is 11.8 Å². The molecule has 1 aromatic heterocycles. The average molecular weight is 317 g/mol. The molecule has 1 aromatic rings. The lowest BCUT2D eigenvalue weighted by Crippen LogP contribution is -2.40. The molecule has 0 unspecified atom stereocenters. The molecule has 2 heterocycles. The molecular formula is C17H23N3O3. The molecule has 23 heavy (non-hydrogen) atoms. The highest BCUT2D eigenvalue weighted by molar-refractivity contribution is 5.91. The zero-order valence-corrected chi connectivity index (χ0v) is 13.5. The normalized spacial score (nSPS) is 15.7. The van der Waals surface area contributed by atoms with Gasteiger partial charge in [0, 0.05) is 32.6 Å². The Kier molecular flexibility index (Phi) is 6.24. The number of amides is 2. The number of carbonyl (C=O) groups is 2. The van der Waals surface area contributed by atoms with Gasteiger partial charge in [0.25, 0.3) is 5.91 Å². The van der Waals surface area contributed by atoms with Gasteiger partial charge in [0.05, 0.1) is 13.1 Å². The van der Waals surface area contributed by atoms with Gasteiger partial charge in [-0.15, -0.1) is 6.42 Å². The maximum Gasteiger partial charge on any atom is 0.289 e. The molecule has 0 aromatic carbocycles. The first-order valence-electron chi connectivity index (χ1n) is 7.94. The zero-order chi connectivity index (χ0) is 16.7. The van der Waals surface area contributed by atoms with Gasteiger partial charge in [-0.05, 0) is 18.6 Å². The Bertz CT molecular complexity index is 588. The van der Waals surface area contributed by atoms with Crippen molar-refractivity contribution in [1.29, 1.82) is 0 Å². The van der Waals surface area contributed by atoms with E-state index in [1.165, 1.54) is 0 Å². The van der Waals surface area contributed by atoms with Crippen LogP contribution in [0.25, 0.3) is 0 Å². The summed E-state index contributed by atoms with van der Waals surface area (Å²) >= 11 is 0. The topological polar surface area (TPSA) is 65.8 Å². The van der Waals surface area contributed by atoms with Gasteiger partial charge in [0.1, 0.15) is 5.76 Å². The number of furan rings is 1. The van der Waals surface area contributed by atoms with E-state index in [0.29, 0.717) is 31.9 Å². The molecule has 0 saturated carbocycles. The van der Waals surface area contributed by atoms with Crippen molar-refractivity contribution in [3.05, 3.63) is 23.7 Å². The zero-order valence-electron chi connectivity index (χ0n) is 13.5. The molecule has 0 radical (unpaired) electrons. The molecule has 0 bridgehead atoms. The van der Waals surface area contributed by atoms with Crippen molar-refractivity contribution in [1.82, 2.24) is 15.1 Å². The predicted octanol–water partition coefficient (Wildman–Crippen LogP) is 0.739. The third-order valence-corrected chi connectivity index (χ3v) is 3.85. The van der Waals surface area contributed by atoms with Crippen LogP contribution in [0.2, 0.25) is 0 Å². The fourth-order valence-corrected chi connectivity index (χ4v) is 2.58. The van der Waals surface area contributed by atoms with Gasteiger partial charge in [-0.1, -0.05) is 12.8 Å². The van der Waals surface area contributed by atoms with Crippen LogP contribution in [0.1, 0.15) is 29.7 Å². The van der Waals surface area contributed by atoms with E-state index in [1.54, 1.807) is 11.0 Å². The van der Waals surface area contributed by atoms with Gasteiger partial charge < -0.3 is 14.6 Å². The van der Waals surface area contributed by atoms with Gasteiger partial charge in [0.15, 0.2) is 5.76 Å². The Morgan fingerprint density at radius 3 is 2.83 bits per heavy atom. The van der Waals surface area contributed by atoms with Crippen molar-refractivity contribution < 1.29 is 14.0 Å². The second kappa shape index (κ2) is 8.39. The first-order chi connectivity index (χ1) is 11.1. The molecule has 1 aliphatic heterocycles. The van der Waals surface area contributed by atoms with Crippen molar-refractivity contribution in [2.24, 2.45) is 0 Å². The van der Waals surface area contributed by atoms with Crippen molar-refractivity contribution in [2.45, 2.75) is 19.8 Å². The Morgan fingerprint density at radius 2 is 2.13 bits per heavy atom. The standard InChI is InChI=1S/C17H23N3O3/c1-3-8-18-16(21)13-19-9-5-10-20(12-11-19)17(22)15-7-6-14(4-2)23-15/h1,6-7H,4-5,8-13H2,2H3,(H,18,21). The predicted molar refractivity (Wildman–Crippen MR) is 86.9 cm³/mol. The highest BCUT2D eigenvalue weighted by Crippen LogP contribution is 2.13. The third kappa shape index (κ3) is 4.86. The number of rotatable bonds is 5. The number of nitrogens with zero attached hydrogens (tertiary/aromatic N) is 2. The monoisotopic (exact) mass is 317 g/mol. The summed E-state index contributed by atoms with van der Waals surface area (Å²) in [6.07, 6.45) is 6.72. The summed E-state index contributed by atoms with van der Waals surface area (Å²) in [4.78, 5) is 28.0. The lowest BCUT2D eigenvalue weighted by atomic mass is 10.3. The number of hydrogen-bond acceptors (Lipinski definition) is 4. The highest BCUT2D eigenvalue weighted by atomic mass is 16.4. The van der Waals surface area contributed by atoms with Crippen LogP contribution in [0.4, 0.5) is 0 Å². The van der Waals surface area contributed by atoms with E-state index >= 15 is 0 Å². The van der Waals surface area contributed by atoms with Crippen LogP contribution in [0.3, 0.4) is 0 Å². The number of aryl methyl sites for hydroxylation is 1. The van der Waals surface area contributed by atoms with E-state index < -0.39 is 0 Å². The molecule has 1 saturated heterocycles. The van der Waals surface area contributed by atoms with E-state index in [1.807, 2.05) is 17.9 Å². The Balaban J connectivity index is 1.87. The lowest BCUT2D eigenvalue weighted by Gasteiger charge is -2.20. The molecular weight excluding hydrogens is 294 g/mol. The largest absolute Gasteiger partial charge is 0.456 e. The number of nitrogens with one attached hydrogen (secondary N) is 1. The first kappa shape index (κ1) is 17.1. The maximum absolute atomic E-state index is 12.5. The highest BCUT2D eigenvalue weighted by Gasteiger charge is 2.23. The SMILES string of the molecule is C#CCNC(=O)CN1CCCN(C(=O)c2ccc(CC)o2)CC1. The van der Waals surface area contributed by atoms with Crippen LogP contribution >= 0.6 is 0 Å². The van der Waals surface area contributed by atoms with Crippen LogP contribution in [0.15, 0.2) is 16.5 Å². The minimum Gasteiger partial charge on any atom is -0.456 e. The lowest BCUT2D eigenvalue weighted by molar-refractivity contribution is -0.121. The molecule has 0 atom stereocenters. The van der Waals surface area contributed by atoms with Crippen LogP contribution < -0.4 is 5.32 Å². The third-order valence-electron chi connectivity index (χ3n) is 3.85. The van der Waals surface area contributed by atoms with E-state index in [2.05, 4.69) is 11.2 Å². The van der Waals surface area contributed by atoms with Gasteiger partial charge >= 0.3 is 0 Å². The fraction of sp³-hybridized carbons (Fsp3) is 0.529. The molecule has 1 N–H and O–H groups in total. The van der Waals surface area contributed by atoms with E-state index in [-0.39, 0.29) is 18.4 Å². The Labute approximate surface area is 136 Å². The van der Waals surface area contributed by atoms with Crippen molar-refractivity contribution in [3.63, 3.8) is 0 Å². The molecule has 1 aliphatic rings. The maximum atomic E-state index is 12.5. The Hall–Kier alpha value is -2.26. The molecule has 2 amide bonds. The summed E-state index contributed by atoms with van der Waals surface area (Å²) in [5.74, 6) is 3.42. The molecule has 1 fully saturated rings. The van der Waals surface area contributed by atoms with Gasteiger partial charge in [-0.25, -0.2) is 0 Å². The summed E-state index contributed by atoms with van der Waals surface area (Å²) in [7, 11) is 0. The first-order valence-corrected chi connectivity index (χ1v) is 7.94. The molecule has 0 spiro atoms. The molecule has 0 aliphatic carbocycles. The van der Waals surface area contributed by atoms with Gasteiger partial charge in [0.2, 0.25) is 5.91 Å². The van der Waals surface area contributed by atoms with E-state index in [4.69, 9.17) is 10.8 Å². The Morgan fingerprint density at radius 1 is 1.30 bits per heavy atom. The quantitative estimate of drug-likeness (QED) is 0.814. The average Bonchev–Trinajstić information content (AvgIpc) is 2.92. The van der Waals surface area contributed by atoms with Crippen molar-refractivity contribution in [3.8, 4) is 12.3 Å². The number of carbonyl (C=O) groups excluding carboxylic acids is 2. The molecule has 124 valence electrons. The summed E-state index contributed by atoms with van der Waals surface area (Å²) in [6, 6.07) is 3.57. The summed E-state index contributed by atoms with van der Waals surface area (Å²) in [5, 5.41) is 2.66. The minimum atomic E-state index is -0.0821. The number of hydrogen-bond donors (Lipinski definition) is 1. The van der Waals surface area contributed by atoms with E-state index in [0.717, 1.165) is 25.1 Å². The summed E-state index contributed by atoms with van der Waals surface area (Å²) in [5.41, 5.74) is 0. The van der Waals surface area contributed by atoms with Crippen LogP contribution in [0, 0.1) is 12.3 Å². The van der Waals surface area contributed by atoms with Gasteiger partial charge in [-0.2, -0.15) is 0 Å². The van der Waals surface area contributed by atoms with Crippen molar-refractivity contribution in [2.75, 3.05) is 39.3 Å². The second-order valence-electron chi connectivity index (χ2n) is 5.52. The van der Waals surface area contributed by atoms with Crippen LogP contribution in [-0.4, -0.2) is 60.9 Å².